The number of alkyl halides is 4. The summed E-state index contributed by atoms with van der Waals surface area (Å²) in [5.74, 6) is -10.0. The van der Waals surface area contributed by atoms with Gasteiger partial charge in [0.05, 0.1) is 35.9 Å². The number of benzene rings is 2. The summed E-state index contributed by atoms with van der Waals surface area (Å²) in [6.07, 6.45) is -1.01. The molecule has 0 aromatic heterocycles. The van der Waals surface area contributed by atoms with Crippen LogP contribution in [0.5, 0.6) is 0 Å². The third-order valence-corrected chi connectivity index (χ3v) is 9.64. The Hall–Kier alpha value is -4.56. The second kappa shape index (κ2) is 14.2. The smallest absolute Gasteiger partial charge is 0.410 e. The number of hydrogen-bond donors (Lipinski definition) is 2. The van der Waals surface area contributed by atoms with Gasteiger partial charge in [-0.2, -0.15) is 0 Å². The van der Waals surface area contributed by atoms with Crippen molar-refractivity contribution in [2.24, 2.45) is 17.3 Å². The van der Waals surface area contributed by atoms with Crippen molar-refractivity contribution < 1.29 is 56.1 Å². The van der Waals surface area contributed by atoms with Crippen LogP contribution in [0.4, 0.5) is 31.9 Å². The van der Waals surface area contributed by atoms with Crippen LogP contribution < -0.4 is 5.32 Å². The van der Waals surface area contributed by atoms with Gasteiger partial charge in [-0.05, 0) is 57.6 Å². The third kappa shape index (κ3) is 9.03. The first-order chi connectivity index (χ1) is 23.9. The zero-order valence-corrected chi connectivity index (χ0v) is 28.7. The molecule has 3 amide bonds. The van der Waals surface area contributed by atoms with Crippen LogP contribution in [-0.4, -0.2) is 88.3 Å². The molecule has 2 aromatic carbocycles. The number of likely N-dealkylation sites (tertiary alicyclic amines) is 2. The second-order valence-electron chi connectivity index (χ2n) is 14.7. The summed E-state index contributed by atoms with van der Waals surface area (Å²) in [5, 5.41) is 11.8. The summed E-state index contributed by atoms with van der Waals surface area (Å²) in [6, 6.07) is 17.9. The first-order valence-corrected chi connectivity index (χ1v) is 16.8. The SMILES string of the molecule is CC(C)(C)OC(=O)NC1([C@H]2CN(C(=O)OCc3ccccc3)CC2(F)F)CC1.O=C(OCc1ccccc1)N1C[C@H](C2(C(=O)O)CC2)C(F)(F)C1. The first kappa shape index (κ1) is 37.7. The number of hydrogen-bond acceptors (Lipinski definition) is 7. The normalized spacial score (nSPS) is 23.3. The number of alkyl carbamates (subject to hydrolysis) is 1. The van der Waals surface area contributed by atoms with Gasteiger partial charge >= 0.3 is 24.2 Å². The number of carboxylic acid groups (broad SMARTS) is 1. The summed E-state index contributed by atoms with van der Waals surface area (Å²) < 4.78 is 73.1. The number of ether oxygens (including phenoxy) is 3. The Labute approximate surface area is 293 Å². The summed E-state index contributed by atoms with van der Waals surface area (Å²) in [4.78, 5) is 49.5. The molecule has 2 atom stereocenters. The van der Waals surface area contributed by atoms with Crippen molar-refractivity contribution in [1.82, 2.24) is 15.1 Å². The molecule has 278 valence electrons. The van der Waals surface area contributed by atoms with Gasteiger partial charge in [0.15, 0.2) is 0 Å². The maximum Gasteiger partial charge on any atom is 0.410 e. The molecule has 2 aliphatic heterocycles. The molecule has 4 fully saturated rings. The van der Waals surface area contributed by atoms with Crippen LogP contribution in [0.15, 0.2) is 60.7 Å². The van der Waals surface area contributed by atoms with Crippen LogP contribution in [0.3, 0.4) is 0 Å². The zero-order valence-electron chi connectivity index (χ0n) is 28.7. The van der Waals surface area contributed by atoms with Crippen LogP contribution in [0, 0.1) is 17.3 Å². The van der Waals surface area contributed by atoms with Gasteiger partial charge in [0.2, 0.25) is 0 Å². The quantitative estimate of drug-likeness (QED) is 0.227. The van der Waals surface area contributed by atoms with Crippen molar-refractivity contribution >= 4 is 24.2 Å². The van der Waals surface area contributed by atoms with E-state index in [0.29, 0.717) is 12.8 Å². The summed E-state index contributed by atoms with van der Waals surface area (Å²) in [5.41, 5.74) is -1.61. The minimum absolute atomic E-state index is 0.00349. The van der Waals surface area contributed by atoms with E-state index < -0.39 is 77.6 Å². The summed E-state index contributed by atoms with van der Waals surface area (Å²) in [7, 11) is 0. The van der Waals surface area contributed by atoms with E-state index in [0.717, 1.165) is 20.9 Å². The highest BCUT2D eigenvalue weighted by molar-refractivity contribution is 5.79. The van der Waals surface area contributed by atoms with Gasteiger partial charge in [-0.15, -0.1) is 0 Å². The van der Waals surface area contributed by atoms with E-state index >= 15 is 0 Å². The molecular formula is C36H43F4N3O8. The molecule has 2 aromatic rings. The van der Waals surface area contributed by atoms with E-state index in [9.17, 15) is 41.8 Å². The van der Waals surface area contributed by atoms with Crippen molar-refractivity contribution in [1.29, 1.82) is 0 Å². The average molecular weight is 722 g/mol. The topological polar surface area (TPSA) is 135 Å². The number of nitrogens with zero attached hydrogens (tertiary/aromatic N) is 2. The van der Waals surface area contributed by atoms with Gasteiger partial charge in [-0.1, -0.05) is 60.7 Å². The molecule has 2 heterocycles. The number of aliphatic carboxylic acids is 1. The molecule has 0 unspecified atom stereocenters. The molecule has 2 aliphatic carbocycles. The van der Waals surface area contributed by atoms with Gasteiger partial charge in [0.25, 0.3) is 11.8 Å². The monoisotopic (exact) mass is 721 g/mol. The van der Waals surface area contributed by atoms with E-state index in [2.05, 4.69) is 5.32 Å². The highest BCUT2D eigenvalue weighted by atomic mass is 19.3. The summed E-state index contributed by atoms with van der Waals surface area (Å²) >= 11 is 0. The minimum atomic E-state index is -3.21. The fourth-order valence-corrected chi connectivity index (χ4v) is 6.67. The standard InChI is InChI=1S/C20H26F2N2O4.C16H17F2NO4/c1-18(2,3)28-16(25)23-19(9-10-19)15-11-24(13-20(15,21)22)17(26)27-12-14-7-5-4-6-8-14;17-16(18)10-19(8-12(16)15(6-7-15)13(20)21)14(22)23-9-11-4-2-1-3-5-11/h4-8,15H,9-13H2,1-3H3,(H,23,25);1-5,12H,6-10H2,(H,20,21)/t15-;12-/m11/s1. The van der Waals surface area contributed by atoms with E-state index in [-0.39, 0.29) is 39.1 Å². The van der Waals surface area contributed by atoms with Crippen molar-refractivity contribution in [3.05, 3.63) is 71.8 Å². The lowest BCUT2D eigenvalue weighted by atomic mass is 9.86. The number of amides is 3. The van der Waals surface area contributed by atoms with Crippen LogP contribution >= 0.6 is 0 Å². The van der Waals surface area contributed by atoms with Gasteiger partial charge < -0.3 is 34.4 Å². The van der Waals surface area contributed by atoms with E-state index in [1.807, 2.05) is 24.3 Å². The Morgan fingerprint density at radius 2 is 1.18 bits per heavy atom. The molecule has 6 rings (SSSR count). The maximum absolute atomic E-state index is 14.7. The average Bonchev–Trinajstić information content (AvgIpc) is 3.97. The molecule has 2 N–H and O–H groups in total. The molecular weight excluding hydrogens is 678 g/mol. The van der Waals surface area contributed by atoms with Crippen LogP contribution in [0.2, 0.25) is 0 Å². The van der Waals surface area contributed by atoms with Crippen LogP contribution in [-0.2, 0) is 32.2 Å². The van der Waals surface area contributed by atoms with E-state index in [1.165, 1.54) is 0 Å². The number of carbonyl (C=O) groups excluding carboxylic acids is 3. The predicted molar refractivity (Wildman–Crippen MR) is 174 cm³/mol. The van der Waals surface area contributed by atoms with Crippen molar-refractivity contribution in [2.75, 3.05) is 26.2 Å². The Morgan fingerprint density at radius 1 is 0.745 bits per heavy atom. The highest BCUT2D eigenvalue weighted by Crippen LogP contribution is 2.59. The lowest BCUT2D eigenvalue weighted by molar-refractivity contribution is -0.151. The largest absolute Gasteiger partial charge is 0.481 e. The van der Waals surface area contributed by atoms with E-state index in [4.69, 9.17) is 14.2 Å². The Bertz CT molecular complexity index is 1580. The molecule has 51 heavy (non-hydrogen) atoms. The summed E-state index contributed by atoms with van der Waals surface area (Å²) in [6.45, 7) is 3.18. The Balaban J connectivity index is 0.000000201. The lowest BCUT2D eigenvalue weighted by Gasteiger charge is -2.29. The molecule has 0 spiro atoms. The Kier molecular flexibility index (Phi) is 10.5. The number of carbonyl (C=O) groups is 4. The van der Waals surface area contributed by atoms with Gasteiger partial charge in [-0.25, -0.2) is 31.9 Å². The first-order valence-electron chi connectivity index (χ1n) is 16.8. The third-order valence-electron chi connectivity index (χ3n) is 9.64. The van der Waals surface area contributed by atoms with Gasteiger partial charge in [0.1, 0.15) is 18.8 Å². The molecule has 11 nitrogen and oxygen atoms in total. The van der Waals surface area contributed by atoms with Crippen molar-refractivity contribution in [2.45, 2.75) is 82.7 Å². The van der Waals surface area contributed by atoms with Crippen LogP contribution in [0.1, 0.15) is 57.6 Å². The fourth-order valence-electron chi connectivity index (χ4n) is 6.67. The minimum Gasteiger partial charge on any atom is -0.481 e. The van der Waals surface area contributed by atoms with Gasteiger partial charge in [-0.3, -0.25) is 4.79 Å². The molecule has 0 bridgehead atoms. The molecule has 15 heteroatoms. The number of halogens is 4. The number of rotatable bonds is 8. The van der Waals surface area contributed by atoms with Crippen molar-refractivity contribution in [3.8, 4) is 0 Å². The zero-order chi connectivity index (χ0) is 37.2. The maximum atomic E-state index is 14.7. The predicted octanol–water partition coefficient (Wildman–Crippen LogP) is 6.70. The fraction of sp³-hybridized carbons (Fsp3) is 0.556. The van der Waals surface area contributed by atoms with Gasteiger partial charge in [0, 0.05) is 13.1 Å². The van der Waals surface area contributed by atoms with E-state index in [1.54, 1.807) is 57.2 Å². The molecule has 2 saturated carbocycles. The number of carboxylic acids is 1. The molecule has 2 saturated heterocycles. The van der Waals surface area contributed by atoms with Crippen molar-refractivity contribution in [3.63, 3.8) is 0 Å². The molecule has 0 radical (unpaired) electrons. The molecule has 4 aliphatic rings. The lowest BCUT2D eigenvalue weighted by Crippen LogP contribution is -2.50. The Morgan fingerprint density at radius 3 is 1.57 bits per heavy atom. The second-order valence-corrected chi connectivity index (χ2v) is 14.7. The number of nitrogens with one attached hydrogen (secondary N) is 1. The van der Waals surface area contributed by atoms with Crippen LogP contribution in [0.25, 0.3) is 0 Å². The highest BCUT2D eigenvalue weighted by Gasteiger charge is 2.68.